The van der Waals surface area contributed by atoms with Crippen LogP contribution >= 0.6 is 0 Å². The van der Waals surface area contributed by atoms with E-state index in [2.05, 4.69) is 4.98 Å². The molecule has 0 amide bonds. The Labute approximate surface area is 91.4 Å². The van der Waals surface area contributed by atoms with Crippen molar-refractivity contribution < 1.29 is 8.78 Å². The molecule has 16 heavy (non-hydrogen) atoms. The topological polar surface area (TPSA) is 41.8 Å². The van der Waals surface area contributed by atoms with E-state index in [1.165, 1.54) is 0 Å². The number of H-pyrrole nitrogens is 1. The number of rotatable bonds is 2. The van der Waals surface area contributed by atoms with Crippen LogP contribution in [0.4, 0.5) is 8.78 Å². The minimum atomic E-state index is -2.65. The lowest BCUT2D eigenvalue weighted by molar-refractivity contribution is 0.0896. The molecule has 3 rings (SSSR count). The van der Waals surface area contributed by atoms with Gasteiger partial charge in [-0.2, -0.15) is 0 Å². The molecule has 0 radical (unpaired) electrons. The van der Waals surface area contributed by atoms with Crippen LogP contribution in [0, 0.1) is 0 Å². The van der Waals surface area contributed by atoms with E-state index in [4.69, 9.17) is 5.73 Å². The van der Waals surface area contributed by atoms with Gasteiger partial charge in [-0.1, -0.05) is 12.1 Å². The number of alkyl halides is 2. The maximum atomic E-state index is 13.4. The fourth-order valence-electron chi connectivity index (χ4n) is 2.33. The lowest BCUT2D eigenvalue weighted by atomic mass is 9.94. The Balaban J connectivity index is 2.12. The van der Waals surface area contributed by atoms with Crippen LogP contribution in [0.1, 0.15) is 12.0 Å². The molecule has 0 saturated heterocycles. The Morgan fingerprint density at radius 3 is 2.69 bits per heavy atom. The standard InChI is InChI=1S/C12H12F2N2/c13-12(14)6-11(12,7-15)9-2-1-8-3-4-16-10(8)5-9/h1-5,16H,6-7,15H2. The van der Waals surface area contributed by atoms with E-state index in [1.54, 1.807) is 18.3 Å². The molecule has 2 nitrogen and oxygen atoms in total. The second-order valence-corrected chi connectivity index (χ2v) is 4.45. The van der Waals surface area contributed by atoms with Crippen LogP contribution in [0.2, 0.25) is 0 Å². The molecule has 84 valence electrons. The highest BCUT2D eigenvalue weighted by Gasteiger charge is 2.71. The summed E-state index contributed by atoms with van der Waals surface area (Å²) in [5.74, 6) is -2.65. The third-order valence-electron chi connectivity index (χ3n) is 3.56. The number of fused-ring (bicyclic) bond motifs is 1. The van der Waals surface area contributed by atoms with Crippen LogP contribution in [0.15, 0.2) is 30.5 Å². The SMILES string of the molecule is NCC1(c2ccc3cc[nH]c3c2)CC1(F)F. The molecule has 0 aliphatic heterocycles. The van der Waals surface area contributed by atoms with Crippen LogP contribution in [0.5, 0.6) is 0 Å². The number of hydrogen-bond donors (Lipinski definition) is 2. The zero-order valence-corrected chi connectivity index (χ0v) is 8.63. The van der Waals surface area contributed by atoms with Crippen LogP contribution < -0.4 is 5.73 Å². The largest absolute Gasteiger partial charge is 0.361 e. The minimum Gasteiger partial charge on any atom is -0.361 e. The van der Waals surface area contributed by atoms with Gasteiger partial charge in [-0.05, 0) is 23.1 Å². The second-order valence-electron chi connectivity index (χ2n) is 4.45. The lowest BCUT2D eigenvalue weighted by Gasteiger charge is -2.14. The maximum absolute atomic E-state index is 13.4. The van der Waals surface area contributed by atoms with Crippen molar-refractivity contribution in [3.8, 4) is 0 Å². The highest BCUT2D eigenvalue weighted by Crippen LogP contribution is 2.61. The number of nitrogens with two attached hydrogens (primary N) is 1. The number of hydrogen-bond acceptors (Lipinski definition) is 1. The molecule has 0 spiro atoms. The zero-order valence-electron chi connectivity index (χ0n) is 8.63. The van der Waals surface area contributed by atoms with Crippen LogP contribution in [-0.2, 0) is 5.41 Å². The minimum absolute atomic E-state index is 0.00772. The quantitative estimate of drug-likeness (QED) is 0.805. The van der Waals surface area contributed by atoms with Gasteiger partial charge in [-0.3, -0.25) is 0 Å². The van der Waals surface area contributed by atoms with Crippen molar-refractivity contribution in [3.05, 3.63) is 36.0 Å². The summed E-state index contributed by atoms with van der Waals surface area (Å²) in [4.78, 5) is 3.03. The number of benzene rings is 1. The maximum Gasteiger partial charge on any atom is 0.260 e. The number of nitrogens with one attached hydrogen (secondary N) is 1. The Bertz CT molecular complexity index is 547. The van der Waals surface area contributed by atoms with Crippen molar-refractivity contribution in [1.29, 1.82) is 0 Å². The van der Waals surface area contributed by atoms with E-state index in [1.807, 2.05) is 12.1 Å². The molecule has 1 heterocycles. The first-order valence-electron chi connectivity index (χ1n) is 5.25. The molecular weight excluding hydrogens is 210 g/mol. The molecule has 0 bridgehead atoms. The highest BCUT2D eigenvalue weighted by atomic mass is 19.3. The van der Waals surface area contributed by atoms with Gasteiger partial charge in [0.05, 0.1) is 5.41 Å². The summed E-state index contributed by atoms with van der Waals surface area (Å²) in [5.41, 5.74) is 5.89. The fraction of sp³-hybridized carbons (Fsp3) is 0.333. The Kier molecular flexibility index (Phi) is 1.73. The van der Waals surface area contributed by atoms with Crippen molar-refractivity contribution >= 4 is 10.9 Å². The number of aromatic amines is 1. The summed E-state index contributed by atoms with van der Waals surface area (Å²) in [7, 11) is 0. The van der Waals surface area contributed by atoms with Gasteiger partial charge in [0.15, 0.2) is 0 Å². The van der Waals surface area contributed by atoms with E-state index in [0.29, 0.717) is 5.56 Å². The molecule has 1 aromatic carbocycles. The van der Waals surface area contributed by atoms with Crippen LogP contribution in [-0.4, -0.2) is 17.5 Å². The molecule has 1 atom stereocenters. The van der Waals surface area contributed by atoms with Gasteiger partial charge in [0.2, 0.25) is 0 Å². The summed E-state index contributed by atoms with van der Waals surface area (Å²) in [6.07, 6.45) is 1.66. The van der Waals surface area contributed by atoms with Crippen molar-refractivity contribution in [2.75, 3.05) is 6.54 Å². The van der Waals surface area contributed by atoms with Gasteiger partial charge in [0.1, 0.15) is 0 Å². The highest BCUT2D eigenvalue weighted by molar-refractivity contribution is 5.80. The third-order valence-corrected chi connectivity index (χ3v) is 3.56. The summed E-state index contributed by atoms with van der Waals surface area (Å²) in [6.45, 7) is -0.00772. The van der Waals surface area contributed by atoms with Crippen molar-refractivity contribution in [2.45, 2.75) is 17.8 Å². The molecule has 1 aliphatic carbocycles. The molecule has 3 N–H and O–H groups in total. The van der Waals surface area contributed by atoms with E-state index >= 15 is 0 Å². The van der Waals surface area contributed by atoms with Gasteiger partial charge < -0.3 is 10.7 Å². The normalized spacial score (nSPS) is 27.2. The van der Waals surface area contributed by atoms with E-state index < -0.39 is 11.3 Å². The third kappa shape index (κ3) is 1.08. The summed E-state index contributed by atoms with van der Waals surface area (Å²) in [6, 6.07) is 7.30. The summed E-state index contributed by atoms with van der Waals surface area (Å²) < 4.78 is 26.7. The first kappa shape index (κ1) is 9.78. The lowest BCUT2D eigenvalue weighted by Crippen LogP contribution is -2.26. The molecule has 1 unspecified atom stereocenters. The molecule has 1 aromatic heterocycles. The average molecular weight is 222 g/mol. The van der Waals surface area contributed by atoms with E-state index in [0.717, 1.165) is 10.9 Å². The Morgan fingerprint density at radius 2 is 2.06 bits per heavy atom. The molecule has 1 saturated carbocycles. The van der Waals surface area contributed by atoms with Crippen molar-refractivity contribution in [1.82, 2.24) is 4.98 Å². The summed E-state index contributed by atoms with van der Waals surface area (Å²) >= 11 is 0. The monoisotopic (exact) mass is 222 g/mol. The van der Waals surface area contributed by atoms with Crippen molar-refractivity contribution in [3.63, 3.8) is 0 Å². The van der Waals surface area contributed by atoms with Crippen LogP contribution in [0.3, 0.4) is 0 Å². The number of aromatic nitrogens is 1. The molecule has 4 heteroatoms. The predicted octanol–water partition coefficient (Wildman–Crippen LogP) is 2.40. The molecule has 2 aromatic rings. The molecular formula is C12H12F2N2. The van der Waals surface area contributed by atoms with Gasteiger partial charge in [0, 0.05) is 24.7 Å². The predicted molar refractivity (Wildman–Crippen MR) is 58.6 cm³/mol. The first-order chi connectivity index (χ1) is 7.59. The second kappa shape index (κ2) is 2.83. The van der Waals surface area contributed by atoms with E-state index in [9.17, 15) is 8.78 Å². The smallest absolute Gasteiger partial charge is 0.260 e. The first-order valence-corrected chi connectivity index (χ1v) is 5.25. The molecule has 1 aliphatic rings. The molecule has 1 fully saturated rings. The van der Waals surface area contributed by atoms with Gasteiger partial charge in [0.25, 0.3) is 5.92 Å². The fourth-order valence-corrected chi connectivity index (χ4v) is 2.33. The van der Waals surface area contributed by atoms with Gasteiger partial charge in [-0.15, -0.1) is 0 Å². The Morgan fingerprint density at radius 1 is 1.31 bits per heavy atom. The van der Waals surface area contributed by atoms with E-state index in [-0.39, 0.29) is 13.0 Å². The average Bonchev–Trinajstić information content (AvgIpc) is 2.63. The van der Waals surface area contributed by atoms with Gasteiger partial charge in [-0.25, -0.2) is 8.78 Å². The Hall–Kier alpha value is -1.42. The van der Waals surface area contributed by atoms with Crippen LogP contribution in [0.25, 0.3) is 10.9 Å². The van der Waals surface area contributed by atoms with Gasteiger partial charge >= 0.3 is 0 Å². The number of halogens is 2. The summed E-state index contributed by atoms with van der Waals surface area (Å²) in [5, 5.41) is 1.03. The zero-order chi connectivity index (χ0) is 11.4. The van der Waals surface area contributed by atoms with Crippen molar-refractivity contribution in [2.24, 2.45) is 5.73 Å².